The summed E-state index contributed by atoms with van der Waals surface area (Å²) in [7, 11) is 0. The first kappa shape index (κ1) is 17.4. The maximum Gasteiger partial charge on any atom is 0.243 e. The van der Waals surface area contributed by atoms with Gasteiger partial charge in [0.15, 0.2) is 5.65 Å². The average Bonchev–Trinajstić information content (AvgIpc) is 3.43. The number of ether oxygens (including phenoxy) is 1. The Labute approximate surface area is 159 Å². The van der Waals surface area contributed by atoms with E-state index in [1.807, 2.05) is 11.0 Å². The number of H-pyrrole nitrogens is 1. The lowest BCUT2D eigenvalue weighted by Gasteiger charge is -2.26. The molecule has 0 aromatic carbocycles. The van der Waals surface area contributed by atoms with Gasteiger partial charge in [0, 0.05) is 43.2 Å². The molecule has 10 heteroatoms. The molecule has 2 N–H and O–H groups in total. The topological polar surface area (TPSA) is 83.4 Å². The van der Waals surface area contributed by atoms with E-state index in [2.05, 4.69) is 25.6 Å². The number of rotatable bonds is 4. The second kappa shape index (κ2) is 7.01. The summed E-state index contributed by atoms with van der Waals surface area (Å²) in [5, 5.41) is 14.4. The van der Waals surface area contributed by atoms with E-state index in [9.17, 15) is 8.78 Å². The molecule has 2 aliphatic heterocycles. The molecule has 0 radical (unpaired) electrons. The molecule has 0 amide bonds. The normalized spacial score (nSPS) is 25.5. The van der Waals surface area contributed by atoms with Crippen LogP contribution in [0.25, 0.3) is 16.8 Å². The molecule has 3 aromatic rings. The van der Waals surface area contributed by atoms with Gasteiger partial charge < -0.3 is 15.0 Å². The fourth-order valence-corrected chi connectivity index (χ4v) is 3.89. The van der Waals surface area contributed by atoms with Crippen molar-refractivity contribution in [2.24, 2.45) is 0 Å². The third-order valence-corrected chi connectivity index (χ3v) is 5.34. The highest BCUT2D eigenvalue weighted by molar-refractivity contribution is 5.87. The molecule has 8 nitrogen and oxygen atoms in total. The maximum absolute atomic E-state index is 14.1. The monoisotopic (exact) mass is 389 g/mol. The van der Waals surface area contributed by atoms with E-state index in [-0.39, 0.29) is 12.6 Å². The van der Waals surface area contributed by atoms with Gasteiger partial charge in [-0.2, -0.15) is 10.1 Å². The predicted octanol–water partition coefficient (Wildman–Crippen LogP) is 2.21. The number of nitrogens with zero attached hydrogens (tertiary/aromatic N) is 5. The molecule has 1 unspecified atom stereocenters. The Morgan fingerprint density at radius 1 is 1.29 bits per heavy atom. The van der Waals surface area contributed by atoms with Crippen LogP contribution >= 0.6 is 0 Å². The lowest BCUT2D eigenvalue weighted by Crippen LogP contribution is -2.39. The number of halogens is 2. The molecule has 2 saturated heterocycles. The van der Waals surface area contributed by atoms with E-state index in [1.165, 1.54) is 0 Å². The summed E-state index contributed by atoms with van der Waals surface area (Å²) in [5.74, 6) is 0.358. The smallest absolute Gasteiger partial charge is 0.243 e. The minimum atomic E-state index is -1.10. The Kier molecular flexibility index (Phi) is 4.34. The highest BCUT2D eigenvalue weighted by Gasteiger charge is 2.29. The van der Waals surface area contributed by atoms with Gasteiger partial charge in [0.1, 0.15) is 12.3 Å². The number of nitrogens with one attached hydrogen (secondary N) is 2. The maximum atomic E-state index is 14.1. The lowest BCUT2D eigenvalue weighted by molar-refractivity contribution is 0.0284. The zero-order chi connectivity index (χ0) is 19.1. The van der Waals surface area contributed by atoms with Gasteiger partial charge in [-0.25, -0.2) is 13.3 Å². The summed E-state index contributed by atoms with van der Waals surface area (Å²) in [6.07, 6.45) is 4.39. The van der Waals surface area contributed by atoms with E-state index < -0.39 is 12.3 Å². The summed E-state index contributed by atoms with van der Waals surface area (Å²) < 4.78 is 34.8. The molecule has 2 aliphatic rings. The van der Waals surface area contributed by atoms with Crippen LogP contribution in [0.2, 0.25) is 0 Å². The minimum Gasteiger partial charge on any atom is -0.378 e. The third-order valence-electron chi connectivity index (χ3n) is 5.34. The molecule has 5 rings (SSSR count). The van der Waals surface area contributed by atoms with Crippen molar-refractivity contribution in [2.75, 3.05) is 36.5 Å². The molecule has 28 heavy (non-hydrogen) atoms. The zero-order valence-electron chi connectivity index (χ0n) is 15.2. The number of pyridine rings is 1. The van der Waals surface area contributed by atoms with Crippen LogP contribution in [-0.4, -0.2) is 69.5 Å². The van der Waals surface area contributed by atoms with Crippen molar-refractivity contribution < 1.29 is 13.5 Å². The number of alkyl halides is 2. The number of aromatic amines is 1. The van der Waals surface area contributed by atoms with Gasteiger partial charge in [-0.05, 0) is 18.9 Å². The highest BCUT2D eigenvalue weighted by atomic mass is 19.1. The first-order chi connectivity index (χ1) is 13.7. The fourth-order valence-electron chi connectivity index (χ4n) is 3.89. The summed E-state index contributed by atoms with van der Waals surface area (Å²) in [4.78, 5) is 6.61. The van der Waals surface area contributed by atoms with Crippen LogP contribution in [0.5, 0.6) is 0 Å². The van der Waals surface area contributed by atoms with Crippen LogP contribution in [0, 0.1) is 0 Å². The zero-order valence-corrected chi connectivity index (χ0v) is 15.2. The molecule has 148 valence electrons. The third kappa shape index (κ3) is 3.07. The van der Waals surface area contributed by atoms with Crippen LogP contribution in [0.3, 0.4) is 0 Å². The van der Waals surface area contributed by atoms with Crippen molar-refractivity contribution in [1.82, 2.24) is 24.8 Å². The Balaban J connectivity index is 1.56. The molecule has 3 atom stereocenters. The lowest BCUT2D eigenvalue weighted by atomic mass is 10.1. The first-order valence-corrected chi connectivity index (χ1v) is 9.45. The molecule has 0 bridgehead atoms. The van der Waals surface area contributed by atoms with E-state index in [0.29, 0.717) is 44.1 Å². The van der Waals surface area contributed by atoms with Crippen molar-refractivity contribution in [1.29, 1.82) is 0 Å². The largest absolute Gasteiger partial charge is 0.378 e. The van der Waals surface area contributed by atoms with Crippen LogP contribution in [0.1, 0.15) is 12.8 Å². The molecule has 0 saturated carbocycles. The van der Waals surface area contributed by atoms with Crippen LogP contribution in [0.15, 0.2) is 24.7 Å². The fraction of sp³-hybridized carbons (Fsp3) is 0.500. The van der Waals surface area contributed by atoms with Crippen molar-refractivity contribution in [3.63, 3.8) is 0 Å². The van der Waals surface area contributed by atoms with Gasteiger partial charge in [-0.15, -0.1) is 5.10 Å². The van der Waals surface area contributed by atoms with Crippen molar-refractivity contribution in [3.05, 3.63) is 24.7 Å². The summed E-state index contributed by atoms with van der Waals surface area (Å²) in [6.45, 7) is 1.50. The summed E-state index contributed by atoms with van der Waals surface area (Å²) >= 11 is 0. The number of hydrogen-bond donors (Lipinski definition) is 2. The van der Waals surface area contributed by atoms with Gasteiger partial charge in [0.2, 0.25) is 5.95 Å². The van der Waals surface area contributed by atoms with E-state index in [4.69, 9.17) is 4.74 Å². The van der Waals surface area contributed by atoms with E-state index in [0.717, 1.165) is 16.8 Å². The molecule has 3 aromatic heterocycles. The Bertz CT molecular complexity index is 960. The van der Waals surface area contributed by atoms with Gasteiger partial charge >= 0.3 is 0 Å². The van der Waals surface area contributed by atoms with Crippen molar-refractivity contribution >= 4 is 17.3 Å². The van der Waals surface area contributed by atoms with Gasteiger partial charge in [0.05, 0.1) is 24.5 Å². The Hall–Kier alpha value is -2.75. The van der Waals surface area contributed by atoms with E-state index >= 15 is 0 Å². The molecule has 2 fully saturated rings. The molecule has 5 heterocycles. The minimum absolute atomic E-state index is 0.0760. The number of anilines is 2. The standard InChI is InChI=1S/C18H21F2N7O/c19-12-1-4-26(9-12)16-13(11-7-21-22-8-11)2-5-27-17(16)24-18(25-27)23-15-3-6-28-10-14(15)20/h2,5,7-8,12,14-15H,1,3-4,6,9-10H2,(H,21,22)(H,23,25)/t12?,14-,15+/m1/s1. The number of fused-ring (bicyclic) bond motifs is 1. The Morgan fingerprint density at radius 3 is 2.96 bits per heavy atom. The number of aromatic nitrogens is 5. The summed E-state index contributed by atoms with van der Waals surface area (Å²) in [5.41, 5.74) is 3.22. The van der Waals surface area contributed by atoms with Crippen molar-refractivity contribution in [2.45, 2.75) is 31.2 Å². The van der Waals surface area contributed by atoms with Gasteiger partial charge in [0.25, 0.3) is 0 Å². The Morgan fingerprint density at radius 2 is 2.21 bits per heavy atom. The quantitative estimate of drug-likeness (QED) is 0.712. The first-order valence-electron chi connectivity index (χ1n) is 9.45. The second-order valence-electron chi connectivity index (χ2n) is 7.23. The average molecular weight is 389 g/mol. The van der Waals surface area contributed by atoms with Gasteiger partial charge in [-0.1, -0.05) is 0 Å². The van der Waals surface area contributed by atoms with Crippen LogP contribution in [0.4, 0.5) is 20.4 Å². The predicted molar refractivity (Wildman–Crippen MR) is 100 cm³/mol. The summed E-state index contributed by atoms with van der Waals surface area (Å²) in [6, 6.07) is 1.54. The second-order valence-corrected chi connectivity index (χ2v) is 7.23. The van der Waals surface area contributed by atoms with Crippen LogP contribution in [-0.2, 0) is 4.74 Å². The van der Waals surface area contributed by atoms with Crippen LogP contribution < -0.4 is 10.2 Å². The van der Waals surface area contributed by atoms with E-state index in [1.54, 1.807) is 23.1 Å². The highest BCUT2D eigenvalue weighted by Crippen LogP contribution is 2.36. The molecular weight excluding hydrogens is 368 g/mol. The molecule has 0 spiro atoms. The molecule has 0 aliphatic carbocycles. The SMILES string of the molecule is FC1CCN(c2c(-c3cn[nH]c3)ccn3nc(N[C@H]4CCOC[C@H]4F)nc23)C1. The van der Waals surface area contributed by atoms with Crippen molar-refractivity contribution in [3.8, 4) is 11.1 Å². The molecular formula is C18H21F2N7O. The number of hydrogen-bond acceptors (Lipinski definition) is 6. The van der Waals surface area contributed by atoms with Gasteiger partial charge in [-0.3, -0.25) is 5.10 Å².